The Bertz CT molecular complexity index is 183. The van der Waals surface area contributed by atoms with E-state index in [0.29, 0.717) is 18.0 Å². The van der Waals surface area contributed by atoms with E-state index < -0.39 is 0 Å². The summed E-state index contributed by atoms with van der Waals surface area (Å²) in [6, 6.07) is 1.35. The molecule has 2 bridgehead atoms. The molecule has 0 aliphatic carbocycles. The van der Waals surface area contributed by atoms with Crippen molar-refractivity contribution in [1.82, 2.24) is 4.90 Å². The van der Waals surface area contributed by atoms with Gasteiger partial charge in [0.15, 0.2) is 0 Å². The van der Waals surface area contributed by atoms with E-state index in [-0.39, 0.29) is 6.10 Å². The van der Waals surface area contributed by atoms with Gasteiger partial charge in [0.2, 0.25) is 0 Å². The standard InChI is InChI=1S/C11H21NO/c1-3-4-9-10-6-5-8(12(10)2)7-11(9)13/h8-11,13H,3-7H2,1-2H3. The fourth-order valence-electron chi connectivity index (χ4n) is 3.27. The molecule has 13 heavy (non-hydrogen) atoms. The smallest absolute Gasteiger partial charge is 0.0598 e. The number of aliphatic hydroxyl groups excluding tert-OH is 1. The van der Waals surface area contributed by atoms with E-state index in [1.807, 2.05) is 0 Å². The molecule has 2 nitrogen and oxygen atoms in total. The fraction of sp³-hybridized carbons (Fsp3) is 1.00. The highest BCUT2D eigenvalue weighted by atomic mass is 16.3. The number of nitrogens with zero attached hydrogens (tertiary/aromatic N) is 1. The van der Waals surface area contributed by atoms with Gasteiger partial charge in [-0.05, 0) is 32.7 Å². The summed E-state index contributed by atoms with van der Waals surface area (Å²) in [6.07, 6.45) is 6.01. The van der Waals surface area contributed by atoms with Crippen LogP contribution < -0.4 is 0 Å². The zero-order valence-electron chi connectivity index (χ0n) is 8.74. The minimum atomic E-state index is -0.0198. The van der Waals surface area contributed by atoms with Crippen LogP contribution in [0.5, 0.6) is 0 Å². The van der Waals surface area contributed by atoms with Crippen LogP contribution in [0, 0.1) is 5.92 Å². The lowest BCUT2D eigenvalue weighted by Crippen LogP contribution is -2.48. The second kappa shape index (κ2) is 3.58. The molecule has 2 aliphatic rings. The van der Waals surface area contributed by atoms with Crippen LogP contribution in [-0.2, 0) is 0 Å². The van der Waals surface area contributed by atoms with Gasteiger partial charge in [0.1, 0.15) is 0 Å². The van der Waals surface area contributed by atoms with Gasteiger partial charge in [0.05, 0.1) is 6.10 Å². The van der Waals surface area contributed by atoms with Crippen LogP contribution in [0.2, 0.25) is 0 Å². The number of piperidine rings is 1. The zero-order chi connectivity index (χ0) is 9.42. The van der Waals surface area contributed by atoms with Crippen LogP contribution in [-0.4, -0.2) is 35.2 Å². The monoisotopic (exact) mass is 183 g/mol. The predicted octanol–water partition coefficient (Wildman–Crippen LogP) is 1.63. The molecule has 2 fully saturated rings. The van der Waals surface area contributed by atoms with Gasteiger partial charge in [0.25, 0.3) is 0 Å². The maximum Gasteiger partial charge on any atom is 0.0598 e. The van der Waals surface area contributed by atoms with Crippen LogP contribution >= 0.6 is 0 Å². The molecule has 0 radical (unpaired) electrons. The summed E-state index contributed by atoms with van der Waals surface area (Å²) in [5, 5.41) is 9.97. The van der Waals surface area contributed by atoms with Crippen molar-refractivity contribution in [3.63, 3.8) is 0 Å². The molecule has 4 atom stereocenters. The highest BCUT2D eigenvalue weighted by Gasteiger charge is 2.44. The molecule has 0 amide bonds. The molecular weight excluding hydrogens is 162 g/mol. The molecule has 0 aromatic heterocycles. The number of hydrogen-bond acceptors (Lipinski definition) is 2. The molecule has 0 aromatic carbocycles. The van der Waals surface area contributed by atoms with Crippen molar-refractivity contribution < 1.29 is 5.11 Å². The molecule has 0 saturated carbocycles. The summed E-state index contributed by atoms with van der Waals surface area (Å²) >= 11 is 0. The Labute approximate surface area is 80.9 Å². The zero-order valence-corrected chi connectivity index (χ0v) is 8.74. The van der Waals surface area contributed by atoms with Crippen molar-refractivity contribution in [2.75, 3.05) is 7.05 Å². The molecule has 2 saturated heterocycles. The largest absolute Gasteiger partial charge is 0.393 e. The number of rotatable bonds is 2. The third kappa shape index (κ3) is 1.50. The summed E-state index contributed by atoms with van der Waals surface area (Å²) in [5.41, 5.74) is 0. The minimum Gasteiger partial charge on any atom is -0.393 e. The molecule has 2 heteroatoms. The Balaban J connectivity index is 2.08. The van der Waals surface area contributed by atoms with Gasteiger partial charge >= 0.3 is 0 Å². The lowest BCUT2D eigenvalue weighted by Gasteiger charge is -2.40. The second-order valence-electron chi connectivity index (χ2n) is 4.72. The summed E-state index contributed by atoms with van der Waals surface area (Å²) in [4.78, 5) is 2.51. The van der Waals surface area contributed by atoms with E-state index in [0.717, 1.165) is 6.42 Å². The number of hydrogen-bond donors (Lipinski definition) is 1. The van der Waals surface area contributed by atoms with Crippen LogP contribution in [0.4, 0.5) is 0 Å². The van der Waals surface area contributed by atoms with E-state index in [1.54, 1.807) is 0 Å². The summed E-state index contributed by atoms with van der Waals surface area (Å²) in [5.74, 6) is 0.550. The second-order valence-corrected chi connectivity index (χ2v) is 4.72. The first-order valence-electron chi connectivity index (χ1n) is 5.64. The van der Waals surface area contributed by atoms with E-state index in [9.17, 15) is 5.11 Å². The lowest BCUT2D eigenvalue weighted by atomic mass is 9.84. The van der Waals surface area contributed by atoms with Crippen LogP contribution in [0.3, 0.4) is 0 Å². The Hall–Kier alpha value is -0.0800. The molecule has 4 unspecified atom stereocenters. The topological polar surface area (TPSA) is 23.5 Å². The van der Waals surface area contributed by atoms with E-state index >= 15 is 0 Å². The summed E-state index contributed by atoms with van der Waals surface area (Å²) in [6.45, 7) is 2.22. The van der Waals surface area contributed by atoms with E-state index in [1.165, 1.54) is 25.7 Å². The Kier molecular flexibility index (Phi) is 2.61. The molecule has 0 spiro atoms. The highest BCUT2D eigenvalue weighted by molar-refractivity contribution is 4.98. The normalized spacial score (nSPS) is 45.5. The van der Waals surface area contributed by atoms with Crippen LogP contribution in [0.1, 0.15) is 39.0 Å². The summed E-state index contributed by atoms with van der Waals surface area (Å²) < 4.78 is 0. The lowest BCUT2D eigenvalue weighted by molar-refractivity contribution is -0.0105. The van der Waals surface area contributed by atoms with Crippen LogP contribution in [0.25, 0.3) is 0 Å². The molecule has 0 aromatic rings. The van der Waals surface area contributed by atoms with Crippen molar-refractivity contribution in [2.24, 2.45) is 5.92 Å². The van der Waals surface area contributed by atoms with E-state index in [4.69, 9.17) is 0 Å². The Morgan fingerprint density at radius 2 is 2.15 bits per heavy atom. The van der Waals surface area contributed by atoms with E-state index in [2.05, 4.69) is 18.9 Å². The van der Waals surface area contributed by atoms with Crippen molar-refractivity contribution in [2.45, 2.75) is 57.2 Å². The van der Waals surface area contributed by atoms with Crippen molar-refractivity contribution in [3.8, 4) is 0 Å². The first-order valence-corrected chi connectivity index (χ1v) is 5.64. The highest BCUT2D eigenvalue weighted by Crippen LogP contribution is 2.39. The maximum absolute atomic E-state index is 9.97. The first kappa shape index (κ1) is 9.47. The maximum atomic E-state index is 9.97. The minimum absolute atomic E-state index is 0.0198. The average Bonchev–Trinajstić information content (AvgIpc) is 2.34. The quantitative estimate of drug-likeness (QED) is 0.703. The molecule has 1 N–H and O–H groups in total. The molecule has 2 aliphatic heterocycles. The van der Waals surface area contributed by atoms with Gasteiger partial charge in [-0.1, -0.05) is 13.3 Å². The van der Waals surface area contributed by atoms with Crippen molar-refractivity contribution in [1.29, 1.82) is 0 Å². The first-order chi connectivity index (χ1) is 6.24. The van der Waals surface area contributed by atoms with Crippen LogP contribution in [0.15, 0.2) is 0 Å². The Morgan fingerprint density at radius 1 is 1.38 bits per heavy atom. The van der Waals surface area contributed by atoms with Crippen molar-refractivity contribution in [3.05, 3.63) is 0 Å². The molecule has 76 valence electrons. The van der Waals surface area contributed by atoms with Gasteiger partial charge in [-0.2, -0.15) is 0 Å². The predicted molar refractivity (Wildman–Crippen MR) is 53.6 cm³/mol. The Morgan fingerprint density at radius 3 is 2.85 bits per heavy atom. The SMILES string of the molecule is CCCC1C(O)CC2CCC1N2C. The average molecular weight is 183 g/mol. The summed E-state index contributed by atoms with van der Waals surface area (Å²) in [7, 11) is 2.23. The van der Waals surface area contributed by atoms with Gasteiger partial charge in [0, 0.05) is 18.0 Å². The van der Waals surface area contributed by atoms with Gasteiger partial charge in [-0.25, -0.2) is 0 Å². The number of fused-ring (bicyclic) bond motifs is 2. The third-order valence-electron chi connectivity index (χ3n) is 4.02. The van der Waals surface area contributed by atoms with Crippen molar-refractivity contribution >= 4 is 0 Å². The van der Waals surface area contributed by atoms with Gasteiger partial charge in [-0.15, -0.1) is 0 Å². The third-order valence-corrected chi connectivity index (χ3v) is 4.02. The molecule has 2 rings (SSSR count). The van der Waals surface area contributed by atoms with Gasteiger partial charge < -0.3 is 5.11 Å². The molecular formula is C11H21NO. The fourth-order valence-corrected chi connectivity index (χ4v) is 3.27. The van der Waals surface area contributed by atoms with Gasteiger partial charge in [-0.3, -0.25) is 4.90 Å². The molecule has 2 heterocycles. The number of aliphatic hydroxyl groups is 1.